The molecule has 18 heteroatoms. The molecule has 4 aromatic rings. The summed E-state index contributed by atoms with van der Waals surface area (Å²) in [7, 11) is 0. The lowest BCUT2D eigenvalue weighted by Crippen LogP contribution is -2.29. The maximum absolute atomic E-state index is 13.8. The molecule has 4 rings (SSSR count). The summed E-state index contributed by atoms with van der Waals surface area (Å²) in [6.45, 7) is 21.9. The van der Waals surface area contributed by atoms with Gasteiger partial charge < -0.3 is 28.4 Å². The smallest absolute Gasteiger partial charge is 0.329 e. The molecule has 4 aromatic carbocycles. The van der Waals surface area contributed by atoms with Gasteiger partial charge in [-0.15, -0.1) is 69.6 Å². The van der Waals surface area contributed by atoms with Crippen LogP contribution in [0, 0.1) is 35.5 Å². The van der Waals surface area contributed by atoms with Gasteiger partial charge in [0.05, 0.1) is 0 Å². The van der Waals surface area contributed by atoms with Crippen LogP contribution in [0.5, 0.6) is 34.5 Å². The SMILES string of the molecule is CC[C@H](C)[C@H](Cl)C(=O)Oc1cc2c3cc(OC(=O)[C@@H](Cl)[C@@H](C)CC)c(OC(=O)[C@@H](Cl)[C@@H](C)CC)cc3c3cc(OC(=O)[C@@H](Cl)[C@@H](C)CC)c(OC(=O)[C@@H](Cl)[C@@H](C)CC)cc3c2cc1OC(=O)[C@@H](Cl)[C@@H](C)CC. The third-order valence-electron chi connectivity index (χ3n) is 13.6. The second kappa shape index (κ2) is 27.1. The average Bonchev–Trinajstić information content (AvgIpc) is 3.38. The van der Waals surface area contributed by atoms with E-state index in [1.807, 2.05) is 41.5 Å². The number of benzene rings is 4. The summed E-state index contributed by atoms with van der Waals surface area (Å²) in [5.41, 5.74) is 0. The minimum atomic E-state index is -1.12. The van der Waals surface area contributed by atoms with E-state index in [0.717, 1.165) is 0 Å². The van der Waals surface area contributed by atoms with E-state index >= 15 is 0 Å². The summed E-state index contributed by atoms with van der Waals surface area (Å²) in [4.78, 5) is 82.7. The molecule has 0 unspecified atom stereocenters. The lowest BCUT2D eigenvalue weighted by Gasteiger charge is -2.22. The van der Waals surface area contributed by atoms with Gasteiger partial charge in [-0.05, 0) is 104 Å². The molecule has 0 bridgehead atoms. The van der Waals surface area contributed by atoms with Crippen molar-refractivity contribution in [3.8, 4) is 34.5 Å². The third kappa shape index (κ3) is 14.3. The number of carbonyl (C=O) groups is 6. The number of carbonyl (C=O) groups excluding carboxylic acids is 6. The first-order valence-corrected chi connectivity index (χ1v) is 27.2. The standard InChI is InChI=1S/C54H66Cl6O12/c1-13-25(7)43(55)49(61)67-37-19-31-32(20-38(37)68-50(62)44(56)26(8)14-2)34-22-40(70-52(64)46(58)28(10)16-4)42(72-54(66)48(60)30(12)18-6)24-36(34)35-23-41(71-53(65)47(59)29(11)17-5)39(21-33(31)35)69-51(63)45(57)27(9)15-3/h19-30,43-48H,13-18H2,1-12H3/t25-,26-,27-,28-,29-,30-,43-,44-,45-,46-,47-,48-/m0/s1. The number of rotatable bonds is 24. The lowest BCUT2D eigenvalue weighted by atomic mass is 9.93. The predicted molar refractivity (Wildman–Crippen MR) is 287 cm³/mol. The van der Waals surface area contributed by atoms with Gasteiger partial charge in [-0.25, -0.2) is 0 Å². The molecule has 0 spiro atoms. The van der Waals surface area contributed by atoms with Crippen molar-refractivity contribution in [2.45, 2.75) is 154 Å². The van der Waals surface area contributed by atoms with Crippen LogP contribution in [0.15, 0.2) is 36.4 Å². The quantitative estimate of drug-likeness (QED) is 0.0283. The highest BCUT2D eigenvalue weighted by Crippen LogP contribution is 2.48. The molecular formula is C54H66Cl6O12. The zero-order valence-corrected chi connectivity index (χ0v) is 47.3. The maximum atomic E-state index is 13.8. The van der Waals surface area contributed by atoms with Crippen molar-refractivity contribution in [1.29, 1.82) is 0 Å². The van der Waals surface area contributed by atoms with Crippen LogP contribution in [0.25, 0.3) is 32.3 Å². The van der Waals surface area contributed by atoms with Crippen molar-refractivity contribution < 1.29 is 57.2 Å². The van der Waals surface area contributed by atoms with Crippen molar-refractivity contribution >= 4 is 138 Å². The summed E-state index contributed by atoms with van der Waals surface area (Å²) in [6.07, 6.45) is 3.21. The molecule has 0 amide bonds. The topological polar surface area (TPSA) is 158 Å². The van der Waals surface area contributed by atoms with Crippen molar-refractivity contribution in [2.24, 2.45) is 35.5 Å². The number of alkyl halides is 6. The van der Waals surface area contributed by atoms with Gasteiger partial charge in [0.25, 0.3) is 0 Å². The second-order valence-electron chi connectivity index (χ2n) is 18.8. The van der Waals surface area contributed by atoms with E-state index < -0.39 is 68.1 Å². The number of fused-ring (bicyclic) bond motifs is 6. The van der Waals surface area contributed by atoms with Crippen LogP contribution in [0.2, 0.25) is 0 Å². The molecule has 0 saturated heterocycles. The molecular weight excluding hydrogens is 1050 g/mol. The highest BCUT2D eigenvalue weighted by Gasteiger charge is 2.33. The zero-order chi connectivity index (χ0) is 54.0. The molecule has 396 valence electrons. The Labute approximate surface area is 452 Å². The van der Waals surface area contributed by atoms with Gasteiger partial charge in [0.15, 0.2) is 34.5 Å². The van der Waals surface area contributed by atoms with E-state index in [-0.39, 0.29) is 102 Å². The third-order valence-corrected chi connectivity index (χ3v) is 17.2. The Bertz CT molecular complexity index is 2140. The first-order valence-electron chi connectivity index (χ1n) is 24.6. The summed E-state index contributed by atoms with van der Waals surface area (Å²) in [5.74, 6) is -8.40. The Kier molecular flexibility index (Phi) is 22.9. The molecule has 0 aliphatic rings. The van der Waals surface area contributed by atoms with Gasteiger partial charge >= 0.3 is 35.8 Å². The second-order valence-corrected chi connectivity index (χ2v) is 21.6. The minimum Gasteiger partial charge on any atom is -0.421 e. The molecule has 0 fully saturated rings. The number of hydrogen-bond acceptors (Lipinski definition) is 12. The molecule has 0 aliphatic heterocycles. The first-order chi connectivity index (χ1) is 33.9. The monoisotopic (exact) mass is 1120 g/mol. The zero-order valence-electron chi connectivity index (χ0n) is 42.8. The van der Waals surface area contributed by atoms with Gasteiger partial charge in [0.1, 0.15) is 32.3 Å². The molecule has 0 aliphatic carbocycles. The first kappa shape index (κ1) is 60.8. The molecule has 12 nitrogen and oxygen atoms in total. The molecule has 0 saturated carbocycles. The number of halogens is 6. The van der Waals surface area contributed by atoms with Gasteiger partial charge in [-0.1, -0.05) is 122 Å². The van der Waals surface area contributed by atoms with E-state index in [2.05, 4.69) is 0 Å². The molecule has 0 aromatic heterocycles. The predicted octanol–water partition coefficient (Wildman–Crippen LogP) is 14.5. The fourth-order valence-corrected chi connectivity index (χ4v) is 8.46. The van der Waals surface area contributed by atoms with Gasteiger partial charge in [0, 0.05) is 0 Å². The molecule has 0 radical (unpaired) electrons. The fourth-order valence-electron chi connectivity index (χ4n) is 7.12. The maximum Gasteiger partial charge on any atom is 0.329 e. The van der Waals surface area contributed by atoms with Crippen molar-refractivity contribution in [2.75, 3.05) is 0 Å². The van der Waals surface area contributed by atoms with E-state index in [0.29, 0.717) is 38.5 Å². The Morgan fingerprint density at radius 2 is 0.403 bits per heavy atom. The van der Waals surface area contributed by atoms with E-state index in [9.17, 15) is 28.8 Å². The minimum absolute atomic E-state index is 0.234. The van der Waals surface area contributed by atoms with Crippen LogP contribution in [0.1, 0.15) is 122 Å². The van der Waals surface area contributed by atoms with E-state index in [4.69, 9.17) is 98.0 Å². The van der Waals surface area contributed by atoms with Crippen LogP contribution in [-0.2, 0) is 28.8 Å². The molecule has 12 atom stereocenters. The number of esters is 6. The van der Waals surface area contributed by atoms with Gasteiger partial charge in [-0.3, -0.25) is 28.8 Å². The summed E-state index contributed by atoms with van der Waals surface area (Å²) >= 11 is 39.8. The van der Waals surface area contributed by atoms with Gasteiger partial charge in [-0.2, -0.15) is 0 Å². The van der Waals surface area contributed by atoms with E-state index in [1.165, 1.54) is 36.4 Å². The average molecular weight is 1120 g/mol. The summed E-state index contributed by atoms with van der Waals surface area (Å²) < 4.78 is 35.9. The number of hydrogen-bond donors (Lipinski definition) is 0. The number of ether oxygens (including phenoxy) is 6. The Morgan fingerprint density at radius 3 is 0.500 bits per heavy atom. The van der Waals surface area contributed by atoms with Crippen molar-refractivity contribution in [1.82, 2.24) is 0 Å². The van der Waals surface area contributed by atoms with E-state index in [1.54, 1.807) is 41.5 Å². The highest BCUT2D eigenvalue weighted by atomic mass is 35.5. The van der Waals surface area contributed by atoms with Gasteiger partial charge in [0.2, 0.25) is 0 Å². The fraction of sp³-hybridized carbons (Fsp3) is 0.556. The summed E-state index contributed by atoms with van der Waals surface area (Å²) in [6, 6.07) is 8.61. The lowest BCUT2D eigenvalue weighted by molar-refractivity contribution is -0.137. The molecule has 0 N–H and O–H groups in total. The largest absolute Gasteiger partial charge is 0.421 e. The summed E-state index contributed by atoms with van der Waals surface area (Å²) in [5, 5.41) is -5.01. The Balaban J connectivity index is 2.31. The van der Waals surface area contributed by atoms with Crippen molar-refractivity contribution in [3.05, 3.63) is 36.4 Å². The molecule has 0 heterocycles. The highest BCUT2D eigenvalue weighted by molar-refractivity contribution is 6.33. The Morgan fingerprint density at radius 1 is 0.292 bits per heavy atom. The molecule has 72 heavy (non-hydrogen) atoms. The van der Waals surface area contributed by atoms with Crippen LogP contribution < -0.4 is 28.4 Å². The van der Waals surface area contributed by atoms with Crippen LogP contribution in [0.3, 0.4) is 0 Å². The van der Waals surface area contributed by atoms with Crippen LogP contribution in [0.4, 0.5) is 0 Å². The normalized spacial score (nSPS) is 16.8. The van der Waals surface area contributed by atoms with Crippen molar-refractivity contribution in [3.63, 3.8) is 0 Å². The Hall–Kier alpha value is -3.78. The van der Waals surface area contributed by atoms with Crippen LogP contribution in [-0.4, -0.2) is 68.1 Å². The van der Waals surface area contributed by atoms with Crippen LogP contribution >= 0.6 is 69.6 Å².